The Morgan fingerprint density at radius 1 is 1.25 bits per heavy atom. The van der Waals surface area contributed by atoms with Gasteiger partial charge >= 0.3 is 6.03 Å². The van der Waals surface area contributed by atoms with Crippen molar-refractivity contribution in [3.63, 3.8) is 0 Å². The average molecular weight is 530 g/mol. The third-order valence-electron chi connectivity index (χ3n) is 5.64. The Labute approximate surface area is 210 Å². The first-order valence-electron chi connectivity index (χ1n) is 11.2. The number of carbonyl (C=O) groups excluding carboxylic acids is 2. The summed E-state index contributed by atoms with van der Waals surface area (Å²) < 4.78 is 48.3. The zero-order valence-corrected chi connectivity index (χ0v) is 20.8. The van der Waals surface area contributed by atoms with Gasteiger partial charge < -0.3 is 30.4 Å². The van der Waals surface area contributed by atoms with Crippen molar-refractivity contribution >= 4 is 28.5 Å². The molecule has 3 rings (SSSR count). The molecule has 198 valence electrons. The number of hydrogen-bond acceptors (Lipinski definition) is 9. The molecule has 1 aromatic carbocycles. The zero-order valence-electron chi connectivity index (χ0n) is 19.9. The van der Waals surface area contributed by atoms with E-state index in [-0.39, 0.29) is 27.9 Å². The number of rotatable bonds is 12. The molecule has 11 nitrogen and oxygen atoms in total. The van der Waals surface area contributed by atoms with Gasteiger partial charge in [-0.1, -0.05) is 0 Å². The summed E-state index contributed by atoms with van der Waals surface area (Å²) in [6, 6.07) is 0.478. The second-order valence-electron chi connectivity index (χ2n) is 7.98. The fourth-order valence-corrected chi connectivity index (χ4v) is 4.47. The van der Waals surface area contributed by atoms with Crippen LogP contribution in [0, 0.1) is 11.6 Å². The standard InChI is InChI=1S/C22H29F2N5O6S/c1-33-13-10-14(34-2)18(24)12(17(13)23)11-35-20-16(19(25)31)21(36-28-20)27-22(32)26-7-3-4-8-29-9-5-6-15(29)30/h10,15,30H,3-9,11H2,1-2H3,(H2,25,31)(H2,26,27,32). The Morgan fingerprint density at radius 3 is 2.53 bits per heavy atom. The molecule has 1 aromatic heterocycles. The number of unbranched alkanes of at least 4 members (excludes halogenated alkanes) is 1. The van der Waals surface area contributed by atoms with E-state index >= 15 is 0 Å². The highest BCUT2D eigenvalue weighted by molar-refractivity contribution is 7.11. The fourth-order valence-electron chi connectivity index (χ4n) is 3.74. The molecular weight excluding hydrogens is 500 g/mol. The van der Waals surface area contributed by atoms with Crippen LogP contribution < -0.4 is 30.6 Å². The predicted molar refractivity (Wildman–Crippen MR) is 127 cm³/mol. The molecule has 36 heavy (non-hydrogen) atoms. The number of nitrogens with two attached hydrogens (primary N) is 1. The van der Waals surface area contributed by atoms with Gasteiger partial charge in [-0.05, 0) is 37.2 Å². The Bertz CT molecular complexity index is 1060. The summed E-state index contributed by atoms with van der Waals surface area (Å²) >= 11 is 0.733. The van der Waals surface area contributed by atoms with Crippen molar-refractivity contribution in [2.24, 2.45) is 5.73 Å². The lowest BCUT2D eigenvalue weighted by molar-refractivity contribution is 0.0373. The maximum atomic E-state index is 14.6. The number of aliphatic hydroxyl groups excluding tert-OH is 1. The van der Waals surface area contributed by atoms with Crippen LogP contribution in [-0.4, -0.2) is 66.4 Å². The zero-order chi connectivity index (χ0) is 26.2. The Balaban J connectivity index is 1.58. The molecule has 5 N–H and O–H groups in total. The first-order valence-corrected chi connectivity index (χ1v) is 12.0. The molecule has 1 aliphatic rings. The van der Waals surface area contributed by atoms with Crippen LogP contribution in [0.3, 0.4) is 0 Å². The van der Waals surface area contributed by atoms with Crippen molar-refractivity contribution in [3.05, 3.63) is 28.8 Å². The van der Waals surface area contributed by atoms with Gasteiger partial charge in [-0.15, -0.1) is 0 Å². The number of carbonyl (C=O) groups is 2. The van der Waals surface area contributed by atoms with Gasteiger partial charge in [0.15, 0.2) is 23.1 Å². The summed E-state index contributed by atoms with van der Waals surface area (Å²) in [6.07, 6.45) is 2.85. The second-order valence-corrected chi connectivity index (χ2v) is 8.75. The average Bonchev–Trinajstić information content (AvgIpc) is 3.44. The summed E-state index contributed by atoms with van der Waals surface area (Å²) in [5.41, 5.74) is 4.70. The molecule has 2 aromatic rings. The van der Waals surface area contributed by atoms with Gasteiger partial charge in [0, 0.05) is 25.7 Å². The number of nitrogens with one attached hydrogen (secondary N) is 2. The highest BCUT2D eigenvalue weighted by Gasteiger charge is 2.25. The van der Waals surface area contributed by atoms with Gasteiger partial charge in [0.1, 0.15) is 23.4 Å². The number of anilines is 1. The van der Waals surface area contributed by atoms with Gasteiger partial charge in [0.2, 0.25) is 5.88 Å². The Morgan fingerprint density at radius 2 is 1.94 bits per heavy atom. The lowest BCUT2D eigenvalue weighted by Crippen LogP contribution is -2.32. The van der Waals surface area contributed by atoms with E-state index in [1.165, 1.54) is 14.2 Å². The minimum absolute atomic E-state index is 0.0272. The van der Waals surface area contributed by atoms with Gasteiger partial charge in [-0.25, -0.2) is 13.6 Å². The van der Waals surface area contributed by atoms with Crippen LogP contribution in [0.5, 0.6) is 17.4 Å². The number of primary amides is 1. The molecule has 1 fully saturated rings. The summed E-state index contributed by atoms with van der Waals surface area (Å²) in [7, 11) is 2.43. The maximum absolute atomic E-state index is 14.6. The van der Waals surface area contributed by atoms with Crippen molar-refractivity contribution in [1.29, 1.82) is 0 Å². The molecule has 0 spiro atoms. The molecule has 0 bridgehead atoms. The number of hydrogen-bond donors (Lipinski definition) is 4. The van der Waals surface area contributed by atoms with E-state index in [9.17, 15) is 23.5 Å². The van der Waals surface area contributed by atoms with Crippen LogP contribution >= 0.6 is 11.5 Å². The van der Waals surface area contributed by atoms with E-state index < -0.39 is 42.0 Å². The summed E-state index contributed by atoms with van der Waals surface area (Å²) in [6.45, 7) is 1.34. The number of benzene rings is 1. The summed E-state index contributed by atoms with van der Waals surface area (Å²) in [5.74, 6) is -3.73. The lowest BCUT2D eigenvalue weighted by atomic mass is 10.1. The third-order valence-corrected chi connectivity index (χ3v) is 6.38. The number of halogens is 2. The molecule has 0 radical (unpaired) electrons. The minimum Gasteiger partial charge on any atom is -0.494 e. The van der Waals surface area contributed by atoms with Crippen molar-refractivity contribution in [3.8, 4) is 17.4 Å². The molecule has 1 atom stereocenters. The van der Waals surface area contributed by atoms with Crippen molar-refractivity contribution in [1.82, 2.24) is 14.6 Å². The number of aromatic nitrogens is 1. The van der Waals surface area contributed by atoms with Crippen LogP contribution in [0.15, 0.2) is 6.07 Å². The van der Waals surface area contributed by atoms with Gasteiger partial charge in [-0.2, -0.15) is 4.37 Å². The first kappa shape index (κ1) is 27.4. The number of aliphatic hydroxyl groups is 1. The lowest BCUT2D eigenvalue weighted by Gasteiger charge is -2.19. The van der Waals surface area contributed by atoms with Crippen LogP contribution in [0.2, 0.25) is 0 Å². The summed E-state index contributed by atoms with van der Waals surface area (Å²) in [5, 5.41) is 15.0. The summed E-state index contributed by atoms with van der Waals surface area (Å²) in [4.78, 5) is 26.3. The molecule has 14 heteroatoms. The maximum Gasteiger partial charge on any atom is 0.319 e. The topological polar surface area (TPSA) is 148 Å². The van der Waals surface area contributed by atoms with E-state index in [0.717, 1.165) is 50.0 Å². The second kappa shape index (κ2) is 12.6. The first-order chi connectivity index (χ1) is 17.3. The Kier molecular flexibility index (Phi) is 9.61. The minimum atomic E-state index is -0.997. The SMILES string of the molecule is COc1cc(OC)c(F)c(COc2nsc(NC(=O)NCCCCN3CCCC3O)c2C(N)=O)c1F. The predicted octanol–water partition coefficient (Wildman–Crippen LogP) is 2.43. The largest absolute Gasteiger partial charge is 0.494 e. The molecule has 2 heterocycles. The van der Waals surface area contributed by atoms with Crippen molar-refractivity contribution in [2.75, 3.05) is 39.2 Å². The Hall–Kier alpha value is -3.23. The molecule has 0 aliphatic carbocycles. The highest BCUT2D eigenvalue weighted by atomic mass is 32.1. The van der Waals surface area contributed by atoms with Crippen LogP contribution in [0.25, 0.3) is 0 Å². The van der Waals surface area contributed by atoms with Crippen molar-refractivity contribution in [2.45, 2.75) is 38.5 Å². The van der Waals surface area contributed by atoms with Gasteiger partial charge in [0.05, 0.1) is 19.8 Å². The van der Waals surface area contributed by atoms with E-state index in [0.29, 0.717) is 13.0 Å². The van der Waals surface area contributed by atoms with E-state index in [4.69, 9.17) is 19.9 Å². The number of urea groups is 1. The molecule has 1 unspecified atom stereocenters. The fraction of sp³-hybridized carbons (Fsp3) is 0.500. The molecule has 0 saturated carbocycles. The smallest absolute Gasteiger partial charge is 0.319 e. The number of nitrogens with zero attached hydrogens (tertiary/aromatic N) is 2. The number of amides is 3. The number of ether oxygens (including phenoxy) is 3. The van der Waals surface area contributed by atoms with Gasteiger partial charge in [-0.3, -0.25) is 15.0 Å². The number of methoxy groups -OCH3 is 2. The monoisotopic (exact) mass is 529 g/mol. The molecule has 3 amide bonds. The highest BCUT2D eigenvalue weighted by Crippen LogP contribution is 2.34. The van der Waals surface area contributed by atoms with Crippen LogP contribution in [0.4, 0.5) is 18.6 Å². The van der Waals surface area contributed by atoms with E-state index in [1.807, 2.05) is 4.90 Å². The van der Waals surface area contributed by atoms with E-state index in [1.54, 1.807) is 0 Å². The molecular formula is C22H29F2N5O6S. The molecule has 1 saturated heterocycles. The van der Waals surface area contributed by atoms with Crippen LogP contribution in [-0.2, 0) is 6.61 Å². The van der Waals surface area contributed by atoms with Crippen molar-refractivity contribution < 1.29 is 37.7 Å². The quantitative estimate of drug-likeness (QED) is 0.307. The number of likely N-dealkylation sites (tertiary alicyclic amines) is 1. The normalized spacial score (nSPS) is 15.5. The van der Waals surface area contributed by atoms with Gasteiger partial charge in [0.25, 0.3) is 5.91 Å². The molecule has 1 aliphatic heterocycles. The van der Waals surface area contributed by atoms with Crippen LogP contribution in [0.1, 0.15) is 41.6 Å². The third kappa shape index (κ3) is 6.50. The van der Waals surface area contributed by atoms with E-state index in [2.05, 4.69) is 15.0 Å².